The molecule has 5 heteroatoms. The number of rotatable bonds is 8. The predicted molar refractivity (Wildman–Crippen MR) is 118 cm³/mol. The fourth-order valence-corrected chi connectivity index (χ4v) is 4.57. The molecule has 1 N–H and O–H groups in total. The molecule has 1 amide bonds. The molecule has 2 aromatic rings. The Kier molecular flexibility index (Phi) is 7.00. The molecule has 30 heavy (non-hydrogen) atoms. The van der Waals surface area contributed by atoms with Gasteiger partial charge in [-0.2, -0.15) is 0 Å². The van der Waals surface area contributed by atoms with E-state index in [0.29, 0.717) is 6.04 Å². The van der Waals surface area contributed by atoms with Gasteiger partial charge in [-0.25, -0.2) is 0 Å². The van der Waals surface area contributed by atoms with E-state index >= 15 is 0 Å². The first kappa shape index (κ1) is 20.9. The Morgan fingerprint density at radius 2 is 1.97 bits per heavy atom. The molecule has 160 valence electrons. The zero-order valence-corrected chi connectivity index (χ0v) is 17.9. The summed E-state index contributed by atoms with van der Waals surface area (Å²) in [5, 5.41) is 3.34. The van der Waals surface area contributed by atoms with Crippen LogP contribution in [-0.4, -0.2) is 35.5 Å². The van der Waals surface area contributed by atoms with Crippen molar-refractivity contribution in [2.75, 3.05) is 13.7 Å². The Morgan fingerprint density at radius 1 is 1.13 bits per heavy atom. The Balaban J connectivity index is 1.46. The fraction of sp³-hybridized carbons (Fsp3) is 0.520. The first-order valence-electron chi connectivity index (χ1n) is 11.3. The monoisotopic (exact) mass is 407 g/mol. The minimum absolute atomic E-state index is 0.0271. The largest absolute Gasteiger partial charge is 0.497 e. The van der Waals surface area contributed by atoms with E-state index in [1.807, 2.05) is 36.5 Å². The van der Waals surface area contributed by atoms with Crippen molar-refractivity contribution in [3.8, 4) is 5.75 Å². The van der Waals surface area contributed by atoms with Crippen LogP contribution in [0.3, 0.4) is 0 Å². The molecule has 2 aliphatic rings. The number of nitrogens with one attached hydrogen (secondary N) is 1. The average Bonchev–Trinajstić information content (AvgIpc) is 2.74. The summed E-state index contributed by atoms with van der Waals surface area (Å²) >= 11 is 0. The van der Waals surface area contributed by atoms with Crippen LogP contribution in [0.25, 0.3) is 0 Å². The Hall–Kier alpha value is -2.40. The topological polar surface area (TPSA) is 54.5 Å². The second-order valence-corrected chi connectivity index (χ2v) is 8.65. The summed E-state index contributed by atoms with van der Waals surface area (Å²) in [6, 6.07) is 14.8. The highest BCUT2D eigenvalue weighted by Gasteiger charge is 2.31. The maximum atomic E-state index is 12.7. The average molecular weight is 408 g/mol. The molecule has 0 bridgehead atoms. The number of carbonyl (C=O) groups excluding carboxylic acids is 1. The van der Waals surface area contributed by atoms with Crippen LogP contribution in [0.15, 0.2) is 48.7 Å². The van der Waals surface area contributed by atoms with E-state index in [4.69, 9.17) is 4.74 Å². The number of methoxy groups -OCH3 is 1. The van der Waals surface area contributed by atoms with Gasteiger partial charge in [0.2, 0.25) is 5.91 Å². The molecule has 1 saturated carbocycles. The van der Waals surface area contributed by atoms with Gasteiger partial charge in [0.25, 0.3) is 0 Å². The van der Waals surface area contributed by atoms with Crippen LogP contribution in [0.1, 0.15) is 62.2 Å². The van der Waals surface area contributed by atoms with E-state index < -0.39 is 0 Å². The summed E-state index contributed by atoms with van der Waals surface area (Å²) in [6.45, 7) is 2.03. The van der Waals surface area contributed by atoms with Crippen LogP contribution >= 0.6 is 0 Å². The maximum absolute atomic E-state index is 12.7. The lowest BCUT2D eigenvalue weighted by atomic mass is 9.84. The second kappa shape index (κ2) is 10.1. The Morgan fingerprint density at radius 3 is 2.63 bits per heavy atom. The number of hydrogen-bond acceptors (Lipinski definition) is 4. The van der Waals surface area contributed by atoms with Crippen LogP contribution in [0.2, 0.25) is 0 Å². The van der Waals surface area contributed by atoms with E-state index in [0.717, 1.165) is 43.8 Å². The minimum Gasteiger partial charge on any atom is -0.497 e. The Bertz CT molecular complexity index is 805. The van der Waals surface area contributed by atoms with Gasteiger partial charge in [-0.15, -0.1) is 0 Å². The quantitative estimate of drug-likeness (QED) is 0.700. The van der Waals surface area contributed by atoms with Crippen molar-refractivity contribution in [2.45, 2.75) is 63.6 Å². The van der Waals surface area contributed by atoms with Gasteiger partial charge in [0.1, 0.15) is 5.75 Å². The van der Waals surface area contributed by atoms with Crippen molar-refractivity contribution in [2.24, 2.45) is 5.92 Å². The van der Waals surface area contributed by atoms with Crippen molar-refractivity contribution < 1.29 is 9.53 Å². The van der Waals surface area contributed by atoms with Crippen molar-refractivity contribution in [1.82, 2.24) is 15.2 Å². The van der Waals surface area contributed by atoms with Crippen LogP contribution < -0.4 is 10.1 Å². The molecule has 0 unspecified atom stereocenters. The van der Waals surface area contributed by atoms with Crippen LogP contribution in [-0.2, 0) is 11.3 Å². The van der Waals surface area contributed by atoms with Crippen LogP contribution in [0, 0.1) is 5.92 Å². The third kappa shape index (κ3) is 5.20. The zero-order valence-electron chi connectivity index (χ0n) is 17.9. The number of piperidine rings is 1. The van der Waals surface area contributed by atoms with E-state index in [1.165, 1.54) is 31.2 Å². The molecule has 0 radical (unpaired) electrons. The summed E-state index contributed by atoms with van der Waals surface area (Å²) in [5.74, 6) is 1.29. The summed E-state index contributed by atoms with van der Waals surface area (Å²) < 4.78 is 5.29. The number of carbonyl (C=O) groups is 1. The molecular formula is C25H33N3O2. The van der Waals surface area contributed by atoms with Gasteiger partial charge in [-0.3, -0.25) is 14.7 Å². The Labute approximate surface area is 179 Å². The fourth-order valence-electron chi connectivity index (χ4n) is 4.57. The number of ether oxygens (including phenoxy) is 1. The molecule has 5 nitrogen and oxygen atoms in total. The highest BCUT2D eigenvalue weighted by Crippen LogP contribution is 2.30. The lowest BCUT2D eigenvalue weighted by Crippen LogP contribution is -2.44. The summed E-state index contributed by atoms with van der Waals surface area (Å²) in [4.78, 5) is 19.9. The number of likely N-dealkylation sites (tertiary alicyclic amines) is 1. The molecule has 4 rings (SSSR count). The second-order valence-electron chi connectivity index (χ2n) is 8.65. The summed E-state index contributed by atoms with van der Waals surface area (Å²) in [5.41, 5.74) is 2.27. The number of nitrogens with zero attached hydrogens (tertiary/aromatic N) is 2. The number of pyridine rings is 1. The zero-order chi connectivity index (χ0) is 20.8. The van der Waals surface area contributed by atoms with E-state index in [2.05, 4.69) is 27.3 Å². The molecule has 0 spiro atoms. The molecule has 2 fully saturated rings. The maximum Gasteiger partial charge on any atom is 0.223 e. The van der Waals surface area contributed by atoms with Gasteiger partial charge < -0.3 is 10.1 Å². The summed E-state index contributed by atoms with van der Waals surface area (Å²) in [6.07, 6.45) is 9.59. The molecule has 2 atom stereocenters. The third-order valence-corrected chi connectivity index (χ3v) is 6.64. The highest BCUT2D eigenvalue weighted by atomic mass is 16.5. The summed E-state index contributed by atoms with van der Waals surface area (Å²) in [7, 11) is 1.70. The molecule has 1 aromatic heterocycles. The van der Waals surface area contributed by atoms with Gasteiger partial charge in [0.05, 0.1) is 18.8 Å². The van der Waals surface area contributed by atoms with E-state index in [-0.39, 0.29) is 17.9 Å². The van der Waals surface area contributed by atoms with Gasteiger partial charge in [0, 0.05) is 24.7 Å². The third-order valence-electron chi connectivity index (χ3n) is 6.64. The first-order chi connectivity index (χ1) is 14.7. The molecular weight excluding hydrogens is 374 g/mol. The molecule has 1 saturated heterocycles. The van der Waals surface area contributed by atoms with Gasteiger partial charge in [-0.1, -0.05) is 31.0 Å². The highest BCUT2D eigenvalue weighted by molar-refractivity contribution is 5.79. The van der Waals surface area contributed by atoms with Gasteiger partial charge >= 0.3 is 0 Å². The van der Waals surface area contributed by atoms with Crippen molar-refractivity contribution in [1.29, 1.82) is 0 Å². The van der Waals surface area contributed by atoms with Crippen molar-refractivity contribution in [3.63, 3.8) is 0 Å². The first-order valence-corrected chi connectivity index (χ1v) is 11.3. The van der Waals surface area contributed by atoms with Crippen molar-refractivity contribution in [3.05, 3.63) is 59.9 Å². The van der Waals surface area contributed by atoms with E-state index in [9.17, 15) is 4.79 Å². The smallest absolute Gasteiger partial charge is 0.223 e. The molecule has 2 heterocycles. The normalized spacial score (nSPS) is 20.9. The molecule has 1 aromatic carbocycles. The number of hydrogen-bond donors (Lipinski definition) is 1. The lowest BCUT2D eigenvalue weighted by molar-refractivity contribution is -0.128. The number of benzene rings is 1. The number of amides is 1. The van der Waals surface area contributed by atoms with Crippen LogP contribution in [0.4, 0.5) is 0 Å². The van der Waals surface area contributed by atoms with Gasteiger partial charge in [0.15, 0.2) is 0 Å². The van der Waals surface area contributed by atoms with Crippen LogP contribution in [0.5, 0.6) is 5.75 Å². The standard InChI is InChI=1S/C25H33N3O2/c1-30-22-13-11-19(12-14-22)18-28-16-5-3-9-21(28)17-24(23-10-2-4-15-26-23)27-25(29)20-7-6-8-20/h2,4,10-15,20-21,24H,3,5-9,16-18H2,1H3,(H,27,29)/t21-,24-/m0/s1. The van der Waals surface area contributed by atoms with Crippen molar-refractivity contribution >= 4 is 5.91 Å². The molecule has 1 aliphatic heterocycles. The number of aromatic nitrogens is 1. The SMILES string of the molecule is COc1ccc(CN2CCCC[C@H]2C[C@H](NC(=O)C2CCC2)c2ccccn2)cc1. The minimum atomic E-state index is -0.0271. The van der Waals surface area contributed by atoms with E-state index in [1.54, 1.807) is 7.11 Å². The lowest BCUT2D eigenvalue weighted by Gasteiger charge is -2.38. The molecule has 1 aliphatic carbocycles. The van der Waals surface area contributed by atoms with Gasteiger partial charge in [-0.05, 0) is 68.5 Å². The predicted octanol–water partition coefficient (Wildman–Crippen LogP) is 4.49.